The number of aliphatic hydroxyl groups excluding tert-OH is 1. The van der Waals surface area contributed by atoms with Crippen molar-refractivity contribution in [2.45, 2.75) is 44.1 Å². The second-order valence-corrected chi connectivity index (χ2v) is 7.93. The molecule has 1 aromatic rings. The molecule has 4 nitrogen and oxygen atoms in total. The highest BCUT2D eigenvalue weighted by atomic mass is 16.3. The average molecular weight is 328 g/mol. The molecule has 1 amide bonds. The first-order valence-electron chi connectivity index (χ1n) is 9.39. The molecule has 0 bridgehead atoms. The monoisotopic (exact) mass is 328 g/mol. The molecule has 24 heavy (non-hydrogen) atoms. The second kappa shape index (κ2) is 6.49. The number of nitrogens with zero attached hydrogens (tertiary/aromatic N) is 2. The minimum Gasteiger partial charge on any atom is -0.395 e. The number of likely N-dealkylation sites (tertiary alicyclic amines) is 2. The van der Waals surface area contributed by atoms with Gasteiger partial charge in [-0.15, -0.1) is 0 Å². The fourth-order valence-electron chi connectivity index (χ4n) is 4.62. The van der Waals surface area contributed by atoms with Crippen LogP contribution in [-0.2, 0) is 4.79 Å². The zero-order valence-electron chi connectivity index (χ0n) is 14.4. The minimum absolute atomic E-state index is 0.0324. The van der Waals surface area contributed by atoms with Gasteiger partial charge in [0.15, 0.2) is 0 Å². The molecule has 1 N–H and O–H groups in total. The summed E-state index contributed by atoms with van der Waals surface area (Å²) in [6, 6.07) is 10.9. The number of β-amino-alcohol motifs (C(OH)–C–C–N with tert-alkyl or cyclic N) is 1. The van der Waals surface area contributed by atoms with Gasteiger partial charge in [0.2, 0.25) is 5.91 Å². The highest BCUT2D eigenvalue weighted by Gasteiger charge is 2.49. The molecule has 1 aliphatic carbocycles. The van der Waals surface area contributed by atoms with E-state index in [0.29, 0.717) is 11.9 Å². The lowest BCUT2D eigenvalue weighted by Gasteiger charge is -2.50. The molecule has 3 fully saturated rings. The van der Waals surface area contributed by atoms with Crippen LogP contribution in [0, 0.1) is 5.41 Å². The van der Waals surface area contributed by atoms with E-state index in [9.17, 15) is 9.90 Å². The number of piperidine rings is 2. The van der Waals surface area contributed by atoms with Crippen LogP contribution in [0.15, 0.2) is 30.3 Å². The Kier molecular flexibility index (Phi) is 4.35. The first kappa shape index (κ1) is 16.1. The van der Waals surface area contributed by atoms with Crippen molar-refractivity contribution in [2.75, 3.05) is 32.8 Å². The van der Waals surface area contributed by atoms with Gasteiger partial charge < -0.3 is 14.9 Å². The molecule has 2 heterocycles. The first-order chi connectivity index (χ1) is 11.7. The van der Waals surface area contributed by atoms with E-state index < -0.39 is 0 Å². The molecule has 0 aromatic heterocycles. The molecule has 2 saturated heterocycles. The molecule has 1 spiro atoms. The Morgan fingerprint density at radius 3 is 2.46 bits per heavy atom. The van der Waals surface area contributed by atoms with Crippen molar-refractivity contribution in [3.8, 4) is 0 Å². The largest absolute Gasteiger partial charge is 0.395 e. The topological polar surface area (TPSA) is 43.8 Å². The summed E-state index contributed by atoms with van der Waals surface area (Å²) in [5, 5.41) is 9.17. The van der Waals surface area contributed by atoms with Gasteiger partial charge in [0, 0.05) is 19.1 Å². The van der Waals surface area contributed by atoms with Crippen molar-refractivity contribution < 1.29 is 9.90 Å². The number of rotatable bonds is 4. The van der Waals surface area contributed by atoms with E-state index in [4.69, 9.17) is 0 Å². The van der Waals surface area contributed by atoms with Gasteiger partial charge >= 0.3 is 0 Å². The Balaban J connectivity index is 1.56. The molecule has 3 aliphatic rings. The average Bonchev–Trinajstić information content (AvgIpc) is 3.45. The van der Waals surface area contributed by atoms with E-state index in [1.165, 1.54) is 18.4 Å². The van der Waals surface area contributed by atoms with Crippen LogP contribution in [0.5, 0.6) is 0 Å². The standard InChI is InChI=1S/C20H28N2O2/c23-13-12-21-10-8-20(9-11-21)14-18(16-4-2-1-3-5-16)19(24)22(15-20)17-6-7-17/h1-5,17-18,23H,6-15H2/t18-/m1/s1. The summed E-state index contributed by atoms with van der Waals surface area (Å²) in [5.74, 6) is 0.386. The molecule has 1 atom stereocenters. The van der Waals surface area contributed by atoms with Crippen molar-refractivity contribution in [3.63, 3.8) is 0 Å². The number of carbonyl (C=O) groups is 1. The second-order valence-electron chi connectivity index (χ2n) is 7.93. The van der Waals surface area contributed by atoms with E-state index in [2.05, 4.69) is 34.1 Å². The van der Waals surface area contributed by atoms with Crippen molar-refractivity contribution in [1.82, 2.24) is 9.80 Å². The summed E-state index contributed by atoms with van der Waals surface area (Å²) < 4.78 is 0. The summed E-state index contributed by atoms with van der Waals surface area (Å²) in [4.78, 5) is 17.7. The molecule has 1 aromatic carbocycles. The van der Waals surface area contributed by atoms with Gasteiger partial charge in [0.1, 0.15) is 0 Å². The van der Waals surface area contributed by atoms with Crippen molar-refractivity contribution in [1.29, 1.82) is 0 Å². The number of hydrogen-bond acceptors (Lipinski definition) is 3. The zero-order valence-corrected chi connectivity index (χ0v) is 14.4. The fourth-order valence-corrected chi connectivity index (χ4v) is 4.62. The summed E-state index contributed by atoms with van der Waals surface area (Å²) in [6.07, 6.45) is 5.64. The maximum Gasteiger partial charge on any atom is 0.230 e. The van der Waals surface area contributed by atoms with Crippen LogP contribution in [0.3, 0.4) is 0 Å². The van der Waals surface area contributed by atoms with Crippen LogP contribution in [0.25, 0.3) is 0 Å². The maximum absolute atomic E-state index is 13.1. The molecule has 0 unspecified atom stereocenters. The van der Waals surface area contributed by atoms with Gasteiger partial charge in [-0.25, -0.2) is 0 Å². The zero-order chi connectivity index (χ0) is 16.6. The van der Waals surface area contributed by atoms with Gasteiger partial charge in [-0.3, -0.25) is 4.79 Å². The summed E-state index contributed by atoms with van der Waals surface area (Å²) in [6.45, 7) is 4.08. The molecule has 4 heteroatoms. The molecule has 1 saturated carbocycles. The lowest BCUT2D eigenvalue weighted by molar-refractivity contribution is -0.142. The maximum atomic E-state index is 13.1. The van der Waals surface area contributed by atoms with E-state index in [0.717, 1.165) is 45.4 Å². The van der Waals surface area contributed by atoms with Crippen molar-refractivity contribution >= 4 is 5.91 Å². The summed E-state index contributed by atoms with van der Waals surface area (Å²) >= 11 is 0. The van der Waals surface area contributed by atoms with Crippen LogP contribution in [-0.4, -0.2) is 59.6 Å². The van der Waals surface area contributed by atoms with Crippen LogP contribution in [0.2, 0.25) is 0 Å². The SMILES string of the molecule is O=C1[C@@H](c2ccccc2)CC2(CCN(CCO)CC2)CN1C1CC1. The highest BCUT2D eigenvalue weighted by molar-refractivity contribution is 5.85. The molecule has 2 aliphatic heterocycles. The van der Waals surface area contributed by atoms with Gasteiger partial charge in [0.05, 0.1) is 12.5 Å². The van der Waals surface area contributed by atoms with E-state index in [1.54, 1.807) is 0 Å². The van der Waals surface area contributed by atoms with E-state index >= 15 is 0 Å². The van der Waals surface area contributed by atoms with Gasteiger partial charge in [-0.1, -0.05) is 30.3 Å². The van der Waals surface area contributed by atoms with Crippen LogP contribution < -0.4 is 0 Å². The fraction of sp³-hybridized carbons (Fsp3) is 0.650. The van der Waals surface area contributed by atoms with Gasteiger partial charge in [-0.2, -0.15) is 0 Å². The number of carbonyl (C=O) groups excluding carboxylic acids is 1. The molecule has 4 rings (SSSR count). The number of amides is 1. The predicted molar refractivity (Wildman–Crippen MR) is 93.7 cm³/mol. The van der Waals surface area contributed by atoms with Crippen molar-refractivity contribution in [2.24, 2.45) is 5.41 Å². The Morgan fingerprint density at radius 2 is 1.83 bits per heavy atom. The third kappa shape index (κ3) is 3.09. The molecule has 0 radical (unpaired) electrons. The van der Waals surface area contributed by atoms with Crippen molar-refractivity contribution in [3.05, 3.63) is 35.9 Å². The van der Waals surface area contributed by atoms with Gasteiger partial charge in [0.25, 0.3) is 0 Å². The summed E-state index contributed by atoms with van der Waals surface area (Å²) in [5.41, 5.74) is 1.45. The minimum atomic E-state index is 0.0324. The first-order valence-corrected chi connectivity index (χ1v) is 9.39. The Hall–Kier alpha value is -1.39. The van der Waals surface area contributed by atoms with E-state index in [-0.39, 0.29) is 17.9 Å². The third-order valence-corrected chi connectivity index (χ3v) is 6.25. The Morgan fingerprint density at radius 1 is 1.12 bits per heavy atom. The quantitative estimate of drug-likeness (QED) is 0.922. The smallest absolute Gasteiger partial charge is 0.230 e. The predicted octanol–water partition coefficient (Wildman–Crippen LogP) is 2.24. The number of benzene rings is 1. The normalized spacial score (nSPS) is 27.6. The van der Waals surface area contributed by atoms with Crippen LogP contribution in [0.4, 0.5) is 0 Å². The highest BCUT2D eigenvalue weighted by Crippen LogP contribution is 2.48. The molecular formula is C20H28N2O2. The van der Waals surface area contributed by atoms with Crippen LogP contribution in [0.1, 0.15) is 43.6 Å². The lowest BCUT2D eigenvalue weighted by atomic mass is 9.67. The molecule has 130 valence electrons. The third-order valence-electron chi connectivity index (χ3n) is 6.25. The lowest BCUT2D eigenvalue weighted by Crippen LogP contribution is -2.54. The van der Waals surface area contributed by atoms with Gasteiger partial charge in [-0.05, 0) is 56.2 Å². The number of hydrogen-bond donors (Lipinski definition) is 1. The number of aliphatic hydroxyl groups is 1. The summed E-state index contributed by atoms with van der Waals surface area (Å²) in [7, 11) is 0. The van der Waals surface area contributed by atoms with Crippen LogP contribution >= 0.6 is 0 Å². The molecular weight excluding hydrogens is 300 g/mol. The Bertz CT molecular complexity index is 577. The Labute approximate surface area is 144 Å². The van der Waals surface area contributed by atoms with E-state index in [1.807, 2.05) is 6.07 Å².